The van der Waals surface area contributed by atoms with Gasteiger partial charge in [-0.25, -0.2) is 5.43 Å². The lowest BCUT2D eigenvalue weighted by molar-refractivity contribution is -0.122. The summed E-state index contributed by atoms with van der Waals surface area (Å²) in [6, 6.07) is 4.09. The van der Waals surface area contributed by atoms with Gasteiger partial charge in [0.1, 0.15) is 0 Å². The van der Waals surface area contributed by atoms with Crippen molar-refractivity contribution in [3.8, 4) is 0 Å². The topological polar surface area (TPSA) is 41.5 Å². The van der Waals surface area contributed by atoms with Gasteiger partial charge >= 0.3 is 0 Å². The van der Waals surface area contributed by atoms with E-state index in [4.69, 9.17) is 0 Å². The van der Waals surface area contributed by atoms with Crippen molar-refractivity contribution in [2.75, 3.05) is 0 Å². The number of hydrazone groups is 1. The fourth-order valence-electron chi connectivity index (χ4n) is 1.26. The zero-order valence-corrected chi connectivity index (χ0v) is 9.73. The number of carbonyl (C=O) groups excluding carboxylic acids is 1. The van der Waals surface area contributed by atoms with Crippen LogP contribution in [0.4, 0.5) is 0 Å². The molecule has 0 radical (unpaired) electrons. The first-order valence-electron chi connectivity index (χ1n) is 5.08. The van der Waals surface area contributed by atoms with E-state index in [2.05, 4.69) is 23.5 Å². The Balaban J connectivity index is 1.97. The van der Waals surface area contributed by atoms with E-state index in [0.717, 1.165) is 23.4 Å². The Bertz CT molecular complexity index is 404. The molecule has 1 amide bonds. The van der Waals surface area contributed by atoms with Crippen LogP contribution in [0, 0.1) is 12.8 Å². The summed E-state index contributed by atoms with van der Waals surface area (Å²) in [5, 5.41) is 4.10. The fraction of sp³-hybridized carbons (Fsp3) is 0.455. The Morgan fingerprint density at radius 3 is 2.80 bits per heavy atom. The minimum Gasteiger partial charge on any atom is -0.273 e. The molecule has 4 heteroatoms. The number of amides is 1. The van der Waals surface area contributed by atoms with Gasteiger partial charge in [-0.15, -0.1) is 11.3 Å². The van der Waals surface area contributed by atoms with Crippen LogP contribution in [0.5, 0.6) is 0 Å². The maximum Gasteiger partial charge on any atom is 0.243 e. The maximum atomic E-state index is 11.3. The first kappa shape index (κ1) is 10.4. The van der Waals surface area contributed by atoms with Gasteiger partial charge in [0.15, 0.2) is 0 Å². The van der Waals surface area contributed by atoms with Crippen molar-refractivity contribution in [3.63, 3.8) is 0 Å². The number of hydrogen-bond acceptors (Lipinski definition) is 3. The van der Waals surface area contributed by atoms with Gasteiger partial charge in [0.25, 0.3) is 0 Å². The molecule has 1 aromatic rings. The largest absolute Gasteiger partial charge is 0.273 e. The molecule has 3 nitrogen and oxygen atoms in total. The lowest BCUT2D eigenvalue weighted by Crippen LogP contribution is -2.20. The van der Waals surface area contributed by atoms with Crippen molar-refractivity contribution in [1.29, 1.82) is 0 Å². The molecule has 1 aliphatic carbocycles. The van der Waals surface area contributed by atoms with Crippen molar-refractivity contribution in [3.05, 3.63) is 21.9 Å². The van der Waals surface area contributed by atoms with Gasteiger partial charge in [-0.2, -0.15) is 5.10 Å². The molecule has 0 unspecified atom stereocenters. The summed E-state index contributed by atoms with van der Waals surface area (Å²) >= 11 is 1.69. The molecule has 1 heterocycles. The molecule has 1 aliphatic rings. The van der Waals surface area contributed by atoms with E-state index in [-0.39, 0.29) is 11.8 Å². The van der Waals surface area contributed by atoms with E-state index in [1.54, 1.807) is 11.3 Å². The number of thiophene rings is 1. The molecule has 0 aromatic carbocycles. The molecule has 0 aliphatic heterocycles. The van der Waals surface area contributed by atoms with Crippen LogP contribution in [0.25, 0.3) is 0 Å². The number of rotatable bonds is 3. The van der Waals surface area contributed by atoms with Crippen molar-refractivity contribution < 1.29 is 4.79 Å². The molecular formula is C11H14N2OS. The van der Waals surface area contributed by atoms with Crippen LogP contribution in [0.3, 0.4) is 0 Å². The second kappa shape index (κ2) is 4.14. The smallest absolute Gasteiger partial charge is 0.243 e. The Hall–Kier alpha value is -1.16. The van der Waals surface area contributed by atoms with Crippen LogP contribution in [0.1, 0.15) is 29.5 Å². The summed E-state index contributed by atoms with van der Waals surface area (Å²) in [7, 11) is 0. The third-order valence-corrected chi connectivity index (χ3v) is 3.49. The predicted octanol–water partition coefficient (Wildman–Crippen LogP) is 2.31. The number of aryl methyl sites for hydroxylation is 1. The quantitative estimate of drug-likeness (QED) is 0.619. The van der Waals surface area contributed by atoms with Gasteiger partial charge in [-0.05, 0) is 38.8 Å². The Labute approximate surface area is 93.2 Å². The molecule has 0 spiro atoms. The second-order valence-corrected chi connectivity index (χ2v) is 5.15. The van der Waals surface area contributed by atoms with E-state index < -0.39 is 0 Å². The first-order valence-corrected chi connectivity index (χ1v) is 5.89. The Morgan fingerprint density at radius 1 is 1.53 bits per heavy atom. The summed E-state index contributed by atoms with van der Waals surface area (Å²) in [5.74, 6) is 0.272. The van der Waals surface area contributed by atoms with Gasteiger partial charge in [-0.1, -0.05) is 0 Å². The molecule has 1 aromatic heterocycles. The number of hydrogen-bond donors (Lipinski definition) is 1. The molecule has 1 saturated carbocycles. The zero-order chi connectivity index (χ0) is 10.8. The third kappa shape index (κ3) is 2.65. The predicted molar refractivity (Wildman–Crippen MR) is 62.1 cm³/mol. The molecular weight excluding hydrogens is 208 g/mol. The molecule has 0 atom stereocenters. The maximum absolute atomic E-state index is 11.3. The molecule has 15 heavy (non-hydrogen) atoms. The minimum atomic E-state index is 0.0580. The highest BCUT2D eigenvalue weighted by atomic mass is 32.1. The van der Waals surface area contributed by atoms with Crippen molar-refractivity contribution in [2.24, 2.45) is 11.0 Å². The Kier molecular flexibility index (Phi) is 2.86. The highest BCUT2D eigenvalue weighted by Gasteiger charge is 2.29. The minimum absolute atomic E-state index is 0.0580. The van der Waals surface area contributed by atoms with Gasteiger partial charge in [0.05, 0.1) is 10.6 Å². The van der Waals surface area contributed by atoms with E-state index in [1.807, 2.05) is 13.0 Å². The summed E-state index contributed by atoms with van der Waals surface area (Å²) in [5.41, 5.74) is 3.48. The van der Waals surface area contributed by atoms with Crippen LogP contribution in [0.2, 0.25) is 0 Å². The van der Waals surface area contributed by atoms with E-state index in [1.165, 1.54) is 4.88 Å². The highest BCUT2D eigenvalue weighted by molar-refractivity contribution is 7.14. The molecule has 0 saturated heterocycles. The van der Waals surface area contributed by atoms with Crippen LogP contribution in [-0.2, 0) is 4.79 Å². The first-order chi connectivity index (χ1) is 7.16. The van der Waals surface area contributed by atoms with Crippen molar-refractivity contribution in [2.45, 2.75) is 26.7 Å². The molecule has 80 valence electrons. The summed E-state index contributed by atoms with van der Waals surface area (Å²) in [6.07, 6.45) is 2.02. The van der Waals surface area contributed by atoms with Crippen LogP contribution >= 0.6 is 11.3 Å². The lowest BCUT2D eigenvalue weighted by Gasteiger charge is -1.98. The van der Waals surface area contributed by atoms with Crippen LogP contribution in [0.15, 0.2) is 17.2 Å². The van der Waals surface area contributed by atoms with Crippen molar-refractivity contribution >= 4 is 23.0 Å². The van der Waals surface area contributed by atoms with E-state index in [0.29, 0.717) is 0 Å². The molecule has 2 rings (SSSR count). The highest BCUT2D eigenvalue weighted by Crippen LogP contribution is 2.28. The molecule has 1 N–H and O–H groups in total. The van der Waals surface area contributed by atoms with Gasteiger partial charge in [0, 0.05) is 10.8 Å². The number of carbonyl (C=O) groups is 1. The SMILES string of the molecule is C/C(=N\NC(=O)C1CC1)c1ccc(C)s1. The third-order valence-electron chi connectivity index (χ3n) is 2.38. The average Bonchev–Trinajstić information content (AvgIpc) is 2.97. The zero-order valence-electron chi connectivity index (χ0n) is 8.91. The van der Waals surface area contributed by atoms with Gasteiger partial charge in [0.2, 0.25) is 5.91 Å². The Morgan fingerprint density at radius 2 is 2.27 bits per heavy atom. The van der Waals surface area contributed by atoms with Crippen molar-refractivity contribution in [1.82, 2.24) is 5.43 Å². The van der Waals surface area contributed by atoms with Gasteiger partial charge < -0.3 is 0 Å². The van der Waals surface area contributed by atoms with E-state index in [9.17, 15) is 4.79 Å². The normalized spacial score (nSPS) is 16.5. The summed E-state index contributed by atoms with van der Waals surface area (Å²) in [6.45, 7) is 3.97. The monoisotopic (exact) mass is 222 g/mol. The summed E-state index contributed by atoms with van der Waals surface area (Å²) in [4.78, 5) is 13.7. The lowest BCUT2D eigenvalue weighted by atomic mass is 10.3. The second-order valence-electron chi connectivity index (χ2n) is 3.86. The molecule has 0 bridgehead atoms. The standard InChI is InChI=1S/C11H14N2OS/c1-7-3-6-10(15-7)8(2)12-13-11(14)9-4-5-9/h3,6,9H,4-5H2,1-2H3,(H,13,14)/b12-8+. The van der Waals surface area contributed by atoms with Gasteiger partial charge in [-0.3, -0.25) is 4.79 Å². The summed E-state index contributed by atoms with van der Waals surface area (Å²) < 4.78 is 0. The number of nitrogens with one attached hydrogen (secondary N) is 1. The molecule has 1 fully saturated rings. The number of nitrogens with zero attached hydrogens (tertiary/aromatic N) is 1. The fourth-order valence-corrected chi connectivity index (χ4v) is 2.07. The van der Waals surface area contributed by atoms with Crippen LogP contribution in [-0.4, -0.2) is 11.6 Å². The average molecular weight is 222 g/mol. The van der Waals surface area contributed by atoms with Crippen LogP contribution < -0.4 is 5.43 Å². The van der Waals surface area contributed by atoms with E-state index >= 15 is 0 Å².